The lowest BCUT2D eigenvalue weighted by Crippen LogP contribution is -2.21. The van der Waals surface area contributed by atoms with Crippen molar-refractivity contribution in [3.63, 3.8) is 0 Å². The van der Waals surface area contributed by atoms with E-state index >= 15 is 0 Å². The van der Waals surface area contributed by atoms with Crippen molar-refractivity contribution in [1.29, 1.82) is 0 Å². The molecule has 7 heteroatoms. The summed E-state index contributed by atoms with van der Waals surface area (Å²) in [6.07, 6.45) is 1.56. The monoisotopic (exact) mass is 386 g/mol. The van der Waals surface area contributed by atoms with E-state index in [4.69, 9.17) is 23.2 Å². The molecule has 3 rings (SSSR count). The number of halogens is 2. The fraction of sp³-hybridized carbons (Fsp3) is 0.105. The Morgan fingerprint density at radius 2 is 1.77 bits per heavy atom. The van der Waals surface area contributed by atoms with Crippen molar-refractivity contribution in [3.8, 4) is 0 Å². The zero-order chi connectivity index (χ0) is 18.5. The maximum absolute atomic E-state index is 12.5. The summed E-state index contributed by atoms with van der Waals surface area (Å²) < 4.78 is 0. The summed E-state index contributed by atoms with van der Waals surface area (Å²) in [6.45, 7) is 0.635. The Bertz CT molecular complexity index is 898. The van der Waals surface area contributed by atoms with Crippen molar-refractivity contribution in [2.24, 2.45) is 0 Å². The zero-order valence-corrected chi connectivity index (χ0v) is 15.5. The molecule has 132 valence electrons. The van der Waals surface area contributed by atoms with Gasteiger partial charge in [0, 0.05) is 35.5 Å². The van der Waals surface area contributed by atoms with Gasteiger partial charge in [-0.3, -0.25) is 4.79 Å². The normalized spacial score (nSPS) is 10.4. The van der Waals surface area contributed by atoms with Crippen LogP contribution in [0.15, 0.2) is 60.8 Å². The number of benzene rings is 2. The Kier molecular flexibility index (Phi) is 5.71. The molecule has 0 radical (unpaired) electrons. The fourth-order valence-electron chi connectivity index (χ4n) is 2.41. The maximum Gasteiger partial charge on any atom is 0.274 e. The highest BCUT2D eigenvalue weighted by molar-refractivity contribution is 6.35. The number of carbonyl (C=O) groups excluding carboxylic acids is 1. The molecule has 0 spiro atoms. The molecule has 0 saturated carbocycles. The number of hydrogen-bond donors (Lipinski definition) is 1. The molecule has 0 unspecified atom stereocenters. The van der Waals surface area contributed by atoms with Crippen LogP contribution in [0.5, 0.6) is 0 Å². The van der Waals surface area contributed by atoms with Crippen molar-refractivity contribution in [1.82, 2.24) is 9.97 Å². The molecular formula is C19H16Cl2N4O. The van der Waals surface area contributed by atoms with Crippen LogP contribution in [0.4, 0.5) is 11.6 Å². The van der Waals surface area contributed by atoms with Gasteiger partial charge >= 0.3 is 0 Å². The number of amides is 1. The second kappa shape index (κ2) is 8.17. The van der Waals surface area contributed by atoms with Crippen LogP contribution in [0.2, 0.25) is 10.0 Å². The van der Waals surface area contributed by atoms with E-state index in [9.17, 15) is 4.79 Å². The predicted molar refractivity (Wildman–Crippen MR) is 105 cm³/mol. The van der Waals surface area contributed by atoms with Gasteiger partial charge in [-0.05, 0) is 29.8 Å². The standard InChI is InChI=1S/C19H16Cl2N4O/c1-25(12-13-5-3-2-4-6-13)19-22-8-7-17(24-19)18(26)23-16-10-14(20)9-15(21)11-16/h2-11H,12H2,1H3,(H,23,26). The summed E-state index contributed by atoms with van der Waals surface area (Å²) in [7, 11) is 1.88. The lowest BCUT2D eigenvalue weighted by Gasteiger charge is -2.17. The second-order valence-electron chi connectivity index (χ2n) is 5.70. The average molecular weight is 387 g/mol. The van der Waals surface area contributed by atoms with Crippen LogP contribution in [0.3, 0.4) is 0 Å². The average Bonchev–Trinajstić information content (AvgIpc) is 2.62. The first kappa shape index (κ1) is 18.2. The molecule has 0 aliphatic rings. The van der Waals surface area contributed by atoms with Gasteiger partial charge in [-0.15, -0.1) is 0 Å². The summed E-state index contributed by atoms with van der Waals surface area (Å²) in [6, 6.07) is 16.4. The van der Waals surface area contributed by atoms with Crippen molar-refractivity contribution in [2.75, 3.05) is 17.3 Å². The molecule has 2 aromatic carbocycles. The van der Waals surface area contributed by atoms with Crippen LogP contribution < -0.4 is 10.2 Å². The largest absolute Gasteiger partial charge is 0.340 e. The van der Waals surface area contributed by atoms with Crippen molar-refractivity contribution >= 4 is 40.7 Å². The topological polar surface area (TPSA) is 58.1 Å². The van der Waals surface area contributed by atoms with Gasteiger partial charge in [-0.2, -0.15) is 0 Å². The summed E-state index contributed by atoms with van der Waals surface area (Å²) in [5, 5.41) is 3.63. The third kappa shape index (κ3) is 4.71. The van der Waals surface area contributed by atoms with Crippen molar-refractivity contribution in [3.05, 3.63) is 82.1 Å². The van der Waals surface area contributed by atoms with Crippen LogP contribution in [-0.4, -0.2) is 22.9 Å². The predicted octanol–water partition coefficient (Wildman–Crippen LogP) is 4.67. The Balaban J connectivity index is 1.74. The van der Waals surface area contributed by atoms with Crippen LogP contribution in [0.25, 0.3) is 0 Å². The molecule has 0 saturated heterocycles. The number of rotatable bonds is 5. The Labute approximate surface area is 161 Å². The molecule has 1 aromatic heterocycles. The third-order valence-corrected chi connectivity index (χ3v) is 4.04. The van der Waals surface area contributed by atoms with Gasteiger partial charge in [0.15, 0.2) is 0 Å². The van der Waals surface area contributed by atoms with Crippen molar-refractivity contribution in [2.45, 2.75) is 6.54 Å². The molecular weight excluding hydrogens is 371 g/mol. The summed E-state index contributed by atoms with van der Waals surface area (Å²) in [5.74, 6) is 0.103. The maximum atomic E-state index is 12.5. The fourth-order valence-corrected chi connectivity index (χ4v) is 2.93. The first-order valence-corrected chi connectivity index (χ1v) is 8.62. The van der Waals surface area contributed by atoms with E-state index in [0.717, 1.165) is 5.56 Å². The molecule has 26 heavy (non-hydrogen) atoms. The van der Waals surface area contributed by atoms with Gasteiger partial charge in [-0.1, -0.05) is 53.5 Å². The summed E-state index contributed by atoms with van der Waals surface area (Å²) >= 11 is 11.9. The van der Waals surface area contributed by atoms with E-state index in [1.807, 2.05) is 42.3 Å². The SMILES string of the molecule is CN(Cc1ccccc1)c1nccc(C(=O)Nc2cc(Cl)cc(Cl)c2)n1. The van der Waals surface area contributed by atoms with Gasteiger partial charge in [0.05, 0.1) is 0 Å². The zero-order valence-electron chi connectivity index (χ0n) is 14.0. The number of nitrogens with zero attached hydrogens (tertiary/aromatic N) is 3. The van der Waals surface area contributed by atoms with E-state index in [2.05, 4.69) is 15.3 Å². The molecule has 0 atom stereocenters. The molecule has 0 bridgehead atoms. The number of carbonyl (C=O) groups is 1. The lowest BCUT2D eigenvalue weighted by atomic mass is 10.2. The smallest absolute Gasteiger partial charge is 0.274 e. The number of hydrogen-bond acceptors (Lipinski definition) is 4. The van der Waals surface area contributed by atoms with Crippen LogP contribution in [0.1, 0.15) is 16.1 Å². The van der Waals surface area contributed by atoms with Gasteiger partial charge in [0.25, 0.3) is 5.91 Å². The molecule has 1 N–H and O–H groups in total. The molecule has 5 nitrogen and oxygen atoms in total. The van der Waals surface area contributed by atoms with E-state index in [0.29, 0.717) is 28.2 Å². The molecule has 1 amide bonds. The number of nitrogens with one attached hydrogen (secondary N) is 1. The summed E-state index contributed by atoms with van der Waals surface area (Å²) in [4.78, 5) is 22.9. The highest BCUT2D eigenvalue weighted by Gasteiger charge is 2.12. The minimum atomic E-state index is -0.361. The number of anilines is 2. The van der Waals surface area contributed by atoms with E-state index in [1.165, 1.54) is 0 Å². The highest BCUT2D eigenvalue weighted by Crippen LogP contribution is 2.23. The first-order chi connectivity index (χ1) is 12.5. The second-order valence-corrected chi connectivity index (χ2v) is 6.57. The number of aromatic nitrogens is 2. The van der Waals surface area contributed by atoms with Gasteiger partial charge in [0.1, 0.15) is 5.69 Å². The van der Waals surface area contributed by atoms with Crippen LogP contribution in [-0.2, 0) is 6.54 Å². The Morgan fingerprint density at radius 3 is 2.46 bits per heavy atom. The minimum Gasteiger partial charge on any atom is -0.340 e. The Morgan fingerprint density at radius 1 is 1.08 bits per heavy atom. The van der Waals surface area contributed by atoms with Crippen LogP contribution >= 0.6 is 23.2 Å². The first-order valence-electron chi connectivity index (χ1n) is 7.87. The van der Waals surface area contributed by atoms with Gasteiger partial charge in [-0.25, -0.2) is 9.97 Å². The molecule has 0 fully saturated rings. The molecule has 0 aliphatic heterocycles. The quantitative estimate of drug-likeness (QED) is 0.691. The highest BCUT2D eigenvalue weighted by atomic mass is 35.5. The molecule has 1 heterocycles. The van der Waals surface area contributed by atoms with Crippen molar-refractivity contribution < 1.29 is 4.79 Å². The van der Waals surface area contributed by atoms with Crippen LogP contribution in [0, 0.1) is 0 Å². The van der Waals surface area contributed by atoms with E-state index in [-0.39, 0.29) is 11.6 Å². The Hall–Kier alpha value is -2.63. The van der Waals surface area contributed by atoms with E-state index in [1.54, 1.807) is 30.5 Å². The van der Waals surface area contributed by atoms with E-state index < -0.39 is 0 Å². The molecule has 3 aromatic rings. The third-order valence-electron chi connectivity index (χ3n) is 3.60. The molecule has 0 aliphatic carbocycles. The lowest BCUT2D eigenvalue weighted by molar-refractivity contribution is 0.102. The summed E-state index contributed by atoms with van der Waals surface area (Å²) in [5.41, 5.74) is 1.89. The van der Waals surface area contributed by atoms with Gasteiger partial charge in [0.2, 0.25) is 5.95 Å². The minimum absolute atomic E-state index is 0.256. The van der Waals surface area contributed by atoms with Gasteiger partial charge < -0.3 is 10.2 Å².